The van der Waals surface area contributed by atoms with E-state index in [2.05, 4.69) is 5.32 Å². The topological polar surface area (TPSA) is 108 Å². The minimum Gasteiger partial charge on any atom is -0.490 e. The molecule has 0 spiro atoms. The summed E-state index contributed by atoms with van der Waals surface area (Å²) in [7, 11) is 1.48. The van der Waals surface area contributed by atoms with E-state index in [0.717, 1.165) is 22.0 Å². The Morgan fingerprint density at radius 3 is 2.52 bits per heavy atom. The van der Waals surface area contributed by atoms with Gasteiger partial charge in [0.2, 0.25) is 5.75 Å². The Kier molecular flexibility index (Phi) is 4.00. The van der Waals surface area contributed by atoms with Crippen molar-refractivity contribution in [3.05, 3.63) is 74.8 Å². The van der Waals surface area contributed by atoms with Crippen molar-refractivity contribution in [2.45, 2.75) is 6.54 Å². The standard InChI is InChI=1S/C19H14N2O6/c1-25-19-17-14(8-9-26-17)15(13-6-7-16(22)27-18(13)19)10-20-11-2-4-12(5-3-11)21(23)24/h2-9,20H,10H2,1H3. The summed E-state index contributed by atoms with van der Waals surface area (Å²) in [6, 6.07) is 11.0. The summed E-state index contributed by atoms with van der Waals surface area (Å²) < 4.78 is 16.3. The molecular weight excluding hydrogens is 352 g/mol. The van der Waals surface area contributed by atoms with Gasteiger partial charge in [-0.25, -0.2) is 4.79 Å². The third kappa shape index (κ3) is 2.86. The van der Waals surface area contributed by atoms with Crippen molar-refractivity contribution in [2.24, 2.45) is 0 Å². The first-order valence-corrected chi connectivity index (χ1v) is 8.06. The quantitative estimate of drug-likeness (QED) is 0.322. The summed E-state index contributed by atoms with van der Waals surface area (Å²) in [4.78, 5) is 22.0. The van der Waals surface area contributed by atoms with Crippen LogP contribution in [0, 0.1) is 10.1 Å². The molecule has 27 heavy (non-hydrogen) atoms. The number of ether oxygens (including phenoxy) is 1. The first-order valence-electron chi connectivity index (χ1n) is 8.06. The highest BCUT2D eigenvalue weighted by atomic mass is 16.6. The average Bonchev–Trinajstić information content (AvgIpc) is 3.14. The van der Waals surface area contributed by atoms with Crippen LogP contribution in [0.25, 0.3) is 21.9 Å². The van der Waals surface area contributed by atoms with Gasteiger partial charge in [-0.15, -0.1) is 0 Å². The first kappa shape index (κ1) is 16.6. The predicted octanol–water partition coefficient (Wildman–Crippen LogP) is 4.07. The molecule has 0 bridgehead atoms. The van der Waals surface area contributed by atoms with E-state index in [1.807, 2.05) is 6.07 Å². The van der Waals surface area contributed by atoms with Gasteiger partial charge in [0.1, 0.15) is 0 Å². The van der Waals surface area contributed by atoms with E-state index in [9.17, 15) is 14.9 Å². The minimum atomic E-state index is -0.485. The van der Waals surface area contributed by atoms with Crippen LogP contribution in [0.3, 0.4) is 0 Å². The molecule has 8 heteroatoms. The number of hydrogen-bond acceptors (Lipinski definition) is 7. The normalized spacial score (nSPS) is 11.0. The second kappa shape index (κ2) is 6.49. The maximum absolute atomic E-state index is 11.7. The molecule has 0 saturated heterocycles. The van der Waals surface area contributed by atoms with Gasteiger partial charge >= 0.3 is 5.63 Å². The number of benzene rings is 2. The van der Waals surface area contributed by atoms with Crippen LogP contribution in [0.5, 0.6) is 5.75 Å². The van der Waals surface area contributed by atoms with Gasteiger partial charge in [0, 0.05) is 41.2 Å². The molecular formula is C19H14N2O6. The molecule has 2 heterocycles. The highest BCUT2D eigenvalue weighted by molar-refractivity contribution is 6.03. The summed E-state index contributed by atoms with van der Waals surface area (Å²) >= 11 is 0. The molecule has 0 atom stereocenters. The van der Waals surface area contributed by atoms with Crippen molar-refractivity contribution >= 4 is 33.3 Å². The largest absolute Gasteiger partial charge is 0.490 e. The van der Waals surface area contributed by atoms with E-state index >= 15 is 0 Å². The molecule has 0 saturated carbocycles. The number of anilines is 1. The van der Waals surface area contributed by atoms with E-state index in [0.29, 0.717) is 23.5 Å². The number of fused-ring (bicyclic) bond motifs is 2. The van der Waals surface area contributed by atoms with Crippen LogP contribution in [-0.4, -0.2) is 12.0 Å². The number of rotatable bonds is 5. The number of nitrogens with zero attached hydrogens (tertiary/aromatic N) is 1. The maximum atomic E-state index is 11.7. The fourth-order valence-electron chi connectivity index (χ4n) is 3.06. The van der Waals surface area contributed by atoms with Crippen LogP contribution in [0.1, 0.15) is 5.56 Å². The molecule has 8 nitrogen and oxygen atoms in total. The third-order valence-corrected chi connectivity index (χ3v) is 4.31. The Morgan fingerprint density at radius 1 is 1.07 bits per heavy atom. The molecule has 2 aromatic carbocycles. The molecule has 0 fully saturated rings. The summed E-state index contributed by atoms with van der Waals surface area (Å²) in [5.74, 6) is 0.363. The molecule has 136 valence electrons. The lowest BCUT2D eigenvalue weighted by atomic mass is 10.0. The van der Waals surface area contributed by atoms with E-state index in [1.54, 1.807) is 24.5 Å². The second-order valence-electron chi connectivity index (χ2n) is 5.83. The fourth-order valence-corrected chi connectivity index (χ4v) is 3.06. The zero-order valence-electron chi connectivity index (χ0n) is 14.2. The lowest BCUT2D eigenvalue weighted by Crippen LogP contribution is -2.04. The van der Waals surface area contributed by atoms with Crippen LogP contribution in [0.4, 0.5) is 11.4 Å². The molecule has 0 unspecified atom stereocenters. The third-order valence-electron chi connectivity index (χ3n) is 4.31. The van der Waals surface area contributed by atoms with Crippen molar-refractivity contribution in [3.63, 3.8) is 0 Å². The highest BCUT2D eigenvalue weighted by Gasteiger charge is 2.19. The molecule has 1 N–H and O–H groups in total. The van der Waals surface area contributed by atoms with E-state index in [1.165, 1.54) is 25.3 Å². The van der Waals surface area contributed by atoms with Gasteiger partial charge in [0.25, 0.3) is 5.69 Å². The molecule has 4 rings (SSSR count). The monoisotopic (exact) mass is 366 g/mol. The number of methoxy groups -OCH3 is 1. The number of non-ortho nitro benzene ring substituents is 1. The Labute approximate surface area is 152 Å². The Morgan fingerprint density at radius 2 is 1.81 bits per heavy atom. The average molecular weight is 366 g/mol. The Bertz CT molecular complexity index is 1210. The predicted molar refractivity (Wildman–Crippen MR) is 99.2 cm³/mol. The Hall–Kier alpha value is -3.81. The van der Waals surface area contributed by atoms with Gasteiger partial charge in [-0.1, -0.05) is 0 Å². The van der Waals surface area contributed by atoms with Gasteiger partial charge in [0.05, 0.1) is 18.3 Å². The number of nitro groups is 1. The van der Waals surface area contributed by atoms with Crippen molar-refractivity contribution in [3.8, 4) is 5.75 Å². The van der Waals surface area contributed by atoms with Crippen molar-refractivity contribution in [2.75, 3.05) is 12.4 Å². The Balaban J connectivity index is 1.79. The summed E-state index contributed by atoms with van der Waals surface area (Å²) in [6.07, 6.45) is 1.54. The lowest BCUT2D eigenvalue weighted by Gasteiger charge is -2.12. The molecule has 0 radical (unpaired) electrons. The fraction of sp³-hybridized carbons (Fsp3) is 0.105. The van der Waals surface area contributed by atoms with E-state index in [-0.39, 0.29) is 5.69 Å². The highest BCUT2D eigenvalue weighted by Crippen LogP contribution is 2.38. The smallest absolute Gasteiger partial charge is 0.336 e. The van der Waals surface area contributed by atoms with Crippen LogP contribution in [-0.2, 0) is 6.54 Å². The van der Waals surface area contributed by atoms with Gasteiger partial charge in [-0.05, 0) is 29.8 Å². The van der Waals surface area contributed by atoms with E-state index < -0.39 is 10.5 Å². The molecule has 0 amide bonds. The zero-order chi connectivity index (χ0) is 19.0. The van der Waals surface area contributed by atoms with Crippen molar-refractivity contribution in [1.82, 2.24) is 0 Å². The summed E-state index contributed by atoms with van der Waals surface area (Å²) in [6.45, 7) is 0.391. The number of hydrogen-bond donors (Lipinski definition) is 1. The van der Waals surface area contributed by atoms with E-state index in [4.69, 9.17) is 13.6 Å². The van der Waals surface area contributed by atoms with Crippen LogP contribution >= 0.6 is 0 Å². The van der Waals surface area contributed by atoms with Crippen molar-refractivity contribution in [1.29, 1.82) is 0 Å². The number of nitrogens with one attached hydrogen (secondary N) is 1. The molecule has 0 aliphatic carbocycles. The zero-order valence-corrected chi connectivity index (χ0v) is 14.2. The summed E-state index contributed by atoms with van der Waals surface area (Å²) in [5, 5.41) is 15.5. The number of furan rings is 1. The van der Waals surface area contributed by atoms with Crippen LogP contribution in [0.2, 0.25) is 0 Å². The summed E-state index contributed by atoms with van der Waals surface area (Å²) in [5.41, 5.74) is 1.92. The molecule has 0 aliphatic rings. The number of nitro benzene ring substituents is 1. The second-order valence-corrected chi connectivity index (χ2v) is 5.83. The SMILES string of the molecule is COc1c2occc2c(CNc2ccc([N+](=O)[O-])cc2)c2ccc(=O)oc12. The van der Waals surface area contributed by atoms with Crippen molar-refractivity contribution < 1.29 is 18.5 Å². The van der Waals surface area contributed by atoms with Gasteiger partial charge in [0.15, 0.2) is 11.2 Å². The maximum Gasteiger partial charge on any atom is 0.336 e. The lowest BCUT2D eigenvalue weighted by molar-refractivity contribution is -0.384. The van der Waals surface area contributed by atoms with Crippen LogP contribution in [0.15, 0.2) is 62.4 Å². The van der Waals surface area contributed by atoms with Gasteiger partial charge in [-0.2, -0.15) is 0 Å². The van der Waals surface area contributed by atoms with Crippen LogP contribution < -0.4 is 15.7 Å². The van der Waals surface area contributed by atoms with Gasteiger partial charge < -0.3 is 18.9 Å². The molecule has 4 aromatic rings. The molecule has 2 aromatic heterocycles. The first-order chi connectivity index (χ1) is 13.1. The minimum absolute atomic E-state index is 0.0226. The molecule has 0 aliphatic heterocycles. The van der Waals surface area contributed by atoms with Gasteiger partial charge in [-0.3, -0.25) is 10.1 Å².